The molecule has 0 spiro atoms. The summed E-state index contributed by atoms with van der Waals surface area (Å²) in [4.78, 5) is 8.37. The van der Waals surface area contributed by atoms with Crippen LogP contribution in [0.1, 0.15) is 27.7 Å². The lowest BCUT2D eigenvalue weighted by Gasteiger charge is -2.04. The number of hydrogen-bond acceptors (Lipinski definition) is 2. The van der Waals surface area contributed by atoms with Crippen molar-refractivity contribution in [3.8, 4) is 0 Å². The number of rotatable bonds is 5. The highest BCUT2D eigenvalue weighted by Gasteiger charge is 1.98. The van der Waals surface area contributed by atoms with Crippen LogP contribution in [0.2, 0.25) is 0 Å². The van der Waals surface area contributed by atoms with Crippen LogP contribution in [0.3, 0.4) is 0 Å². The highest BCUT2D eigenvalue weighted by Crippen LogP contribution is 1.93. The molecule has 0 aromatic heterocycles. The third-order valence-electron chi connectivity index (χ3n) is 1.87. The molecule has 0 aromatic carbocycles. The average molecular weight is 198 g/mol. The lowest BCUT2D eigenvalue weighted by Crippen LogP contribution is -2.21. The van der Waals surface area contributed by atoms with E-state index in [1.807, 2.05) is 27.7 Å². The van der Waals surface area contributed by atoms with Gasteiger partial charge in [0, 0.05) is 11.8 Å². The van der Waals surface area contributed by atoms with Crippen molar-refractivity contribution in [2.45, 2.75) is 27.7 Å². The Balaban J connectivity index is 3.86. The predicted octanol–water partition coefficient (Wildman–Crippen LogP) is 1.01. The van der Waals surface area contributed by atoms with E-state index in [0.717, 1.165) is 0 Å². The molecule has 14 heavy (non-hydrogen) atoms. The molecule has 0 aromatic rings. The van der Waals surface area contributed by atoms with Crippen molar-refractivity contribution in [2.24, 2.45) is 33.3 Å². The van der Waals surface area contributed by atoms with Crippen LogP contribution in [0, 0.1) is 11.8 Å². The van der Waals surface area contributed by atoms with Crippen LogP contribution in [0.15, 0.2) is 9.98 Å². The van der Waals surface area contributed by atoms with Crippen molar-refractivity contribution >= 4 is 11.7 Å². The summed E-state index contributed by atoms with van der Waals surface area (Å²) in [6, 6.07) is 0. The van der Waals surface area contributed by atoms with Crippen LogP contribution in [0.25, 0.3) is 0 Å². The summed E-state index contributed by atoms with van der Waals surface area (Å²) < 4.78 is 0. The first-order valence-electron chi connectivity index (χ1n) is 5.04. The number of hydrogen-bond donors (Lipinski definition) is 2. The smallest absolute Gasteiger partial charge is 0.0963 e. The van der Waals surface area contributed by atoms with Crippen LogP contribution >= 0.6 is 0 Å². The summed E-state index contributed by atoms with van der Waals surface area (Å²) in [5.74, 6) is 1.98. The van der Waals surface area contributed by atoms with E-state index in [0.29, 0.717) is 36.6 Å². The quantitative estimate of drug-likeness (QED) is 0.393. The maximum Gasteiger partial charge on any atom is 0.0963 e. The summed E-state index contributed by atoms with van der Waals surface area (Å²) in [6.07, 6.45) is 0. The fourth-order valence-corrected chi connectivity index (χ4v) is 0.723. The van der Waals surface area contributed by atoms with Crippen molar-refractivity contribution in [1.29, 1.82) is 0 Å². The summed E-state index contributed by atoms with van der Waals surface area (Å²) in [7, 11) is 0. The second-order valence-electron chi connectivity index (χ2n) is 3.92. The van der Waals surface area contributed by atoms with Crippen molar-refractivity contribution in [1.82, 2.24) is 0 Å². The van der Waals surface area contributed by atoms with Gasteiger partial charge >= 0.3 is 0 Å². The van der Waals surface area contributed by atoms with E-state index in [4.69, 9.17) is 11.5 Å². The minimum absolute atomic E-state index is 0.307. The van der Waals surface area contributed by atoms with Gasteiger partial charge in [-0.3, -0.25) is 9.98 Å². The molecule has 0 aliphatic heterocycles. The van der Waals surface area contributed by atoms with Gasteiger partial charge in [0.05, 0.1) is 24.8 Å². The second kappa shape index (κ2) is 6.40. The number of amidine groups is 2. The topological polar surface area (TPSA) is 76.8 Å². The Morgan fingerprint density at radius 2 is 1.14 bits per heavy atom. The zero-order valence-corrected chi connectivity index (χ0v) is 9.62. The highest BCUT2D eigenvalue weighted by molar-refractivity contribution is 5.82. The number of aliphatic imine (C=N–C) groups is 2. The molecule has 0 radical (unpaired) electrons. The van der Waals surface area contributed by atoms with E-state index < -0.39 is 0 Å². The molecule has 0 heterocycles. The maximum absolute atomic E-state index is 5.66. The minimum atomic E-state index is 0.307. The largest absolute Gasteiger partial charge is 0.387 e. The van der Waals surface area contributed by atoms with Crippen molar-refractivity contribution < 1.29 is 0 Å². The lowest BCUT2D eigenvalue weighted by atomic mass is 10.2. The standard InChI is InChI=1S/C10H22N4/c1-7(2)9(11)13-5-6-14-10(12)8(3)4/h7-8H,5-6H2,1-4H3,(H2,11,13)(H2,12,14). The molecule has 4 N–H and O–H groups in total. The van der Waals surface area contributed by atoms with Gasteiger partial charge in [-0.15, -0.1) is 0 Å². The second-order valence-corrected chi connectivity index (χ2v) is 3.92. The highest BCUT2D eigenvalue weighted by atomic mass is 14.9. The summed E-state index contributed by atoms with van der Waals surface area (Å²) in [5, 5.41) is 0. The third-order valence-corrected chi connectivity index (χ3v) is 1.87. The molecule has 0 fully saturated rings. The fraction of sp³-hybridized carbons (Fsp3) is 0.800. The Morgan fingerprint density at radius 3 is 1.36 bits per heavy atom. The van der Waals surface area contributed by atoms with E-state index in [1.165, 1.54) is 0 Å². The Hall–Kier alpha value is -1.06. The third kappa shape index (κ3) is 5.56. The molecule has 0 unspecified atom stereocenters. The van der Waals surface area contributed by atoms with Crippen LogP contribution in [-0.4, -0.2) is 24.8 Å². The molecular weight excluding hydrogens is 176 g/mol. The molecule has 0 saturated carbocycles. The Kier molecular flexibility index (Phi) is 5.92. The lowest BCUT2D eigenvalue weighted by molar-refractivity contribution is 0.834. The monoisotopic (exact) mass is 198 g/mol. The maximum atomic E-state index is 5.66. The summed E-state index contributed by atoms with van der Waals surface area (Å²) in [5.41, 5.74) is 11.3. The van der Waals surface area contributed by atoms with Gasteiger partial charge in [0.1, 0.15) is 0 Å². The van der Waals surface area contributed by atoms with Gasteiger partial charge in [-0.05, 0) is 0 Å². The van der Waals surface area contributed by atoms with Gasteiger partial charge in [0.25, 0.3) is 0 Å². The van der Waals surface area contributed by atoms with Crippen LogP contribution < -0.4 is 11.5 Å². The normalized spacial score (nSPS) is 14.1. The first kappa shape index (κ1) is 12.9. The predicted molar refractivity (Wildman–Crippen MR) is 62.7 cm³/mol. The van der Waals surface area contributed by atoms with E-state index in [2.05, 4.69) is 9.98 Å². The fourth-order valence-electron chi connectivity index (χ4n) is 0.723. The van der Waals surface area contributed by atoms with Gasteiger partial charge in [0.2, 0.25) is 0 Å². The van der Waals surface area contributed by atoms with Gasteiger partial charge in [-0.25, -0.2) is 0 Å². The van der Waals surface area contributed by atoms with E-state index in [-0.39, 0.29) is 0 Å². The Morgan fingerprint density at radius 1 is 0.857 bits per heavy atom. The Bertz CT molecular complexity index is 192. The SMILES string of the molecule is CC(C)C(N)=NCCN=C(N)C(C)C. The van der Waals surface area contributed by atoms with Gasteiger partial charge in [0.15, 0.2) is 0 Å². The van der Waals surface area contributed by atoms with Crippen LogP contribution in [0.4, 0.5) is 0 Å². The van der Waals surface area contributed by atoms with E-state index in [9.17, 15) is 0 Å². The molecule has 0 amide bonds. The summed E-state index contributed by atoms with van der Waals surface area (Å²) >= 11 is 0. The van der Waals surface area contributed by atoms with Crippen molar-refractivity contribution in [2.75, 3.05) is 13.1 Å². The molecule has 0 rings (SSSR count). The van der Waals surface area contributed by atoms with Gasteiger partial charge in [-0.2, -0.15) is 0 Å². The molecular formula is C10H22N4. The van der Waals surface area contributed by atoms with Crippen molar-refractivity contribution in [3.05, 3.63) is 0 Å². The van der Waals surface area contributed by atoms with Crippen molar-refractivity contribution in [3.63, 3.8) is 0 Å². The van der Waals surface area contributed by atoms with Crippen LogP contribution in [0.5, 0.6) is 0 Å². The van der Waals surface area contributed by atoms with Gasteiger partial charge in [-0.1, -0.05) is 27.7 Å². The molecule has 0 bridgehead atoms. The number of nitrogens with two attached hydrogens (primary N) is 2. The molecule has 0 aliphatic carbocycles. The average Bonchev–Trinajstić information content (AvgIpc) is 2.11. The molecule has 4 heteroatoms. The van der Waals surface area contributed by atoms with Crippen LogP contribution in [-0.2, 0) is 0 Å². The molecule has 4 nitrogen and oxygen atoms in total. The molecule has 0 atom stereocenters. The molecule has 0 aliphatic rings. The first-order chi connectivity index (χ1) is 6.45. The van der Waals surface area contributed by atoms with Gasteiger partial charge < -0.3 is 11.5 Å². The minimum Gasteiger partial charge on any atom is -0.387 e. The first-order valence-corrected chi connectivity index (χ1v) is 5.04. The zero-order valence-electron chi connectivity index (χ0n) is 9.62. The summed E-state index contributed by atoms with van der Waals surface area (Å²) in [6.45, 7) is 9.32. The molecule has 0 saturated heterocycles. The zero-order chi connectivity index (χ0) is 11.1. The van der Waals surface area contributed by atoms with E-state index in [1.54, 1.807) is 0 Å². The number of nitrogens with zero attached hydrogens (tertiary/aromatic N) is 2. The molecule has 82 valence electrons. The van der Waals surface area contributed by atoms with E-state index >= 15 is 0 Å². The Labute approximate surface area is 86.5 Å².